The fraction of sp³-hybridized carbons (Fsp3) is 0.300. The molecule has 0 unspecified atom stereocenters. The first-order valence-corrected chi connectivity index (χ1v) is 8.80. The molecule has 0 bridgehead atoms. The Balaban J connectivity index is 1.55. The van der Waals surface area contributed by atoms with Gasteiger partial charge in [-0.05, 0) is 43.3 Å². The topological polar surface area (TPSA) is 61.9 Å². The Morgan fingerprint density at radius 3 is 2.23 bits per heavy atom. The highest BCUT2D eigenvalue weighted by Crippen LogP contribution is 2.20. The van der Waals surface area contributed by atoms with Crippen LogP contribution in [0.5, 0.6) is 0 Å². The molecule has 1 aliphatic rings. The van der Waals surface area contributed by atoms with Gasteiger partial charge in [-0.1, -0.05) is 18.2 Å². The van der Waals surface area contributed by atoms with E-state index in [1.807, 2.05) is 49.4 Å². The summed E-state index contributed by atoms with van der Waals surface area (Å²) in [6.45, 7) is 5.02. The zero-order valence-electron chi connectivity index (χ0n) is 14.9. The summed E-state index contributed by atoms with van der Waals surface area (Å²) in [7, 11) is 0. The van der Waals surface area contributed by atoms with Gasteiger partial charge in [0.2, 0.25) is 0 Å². The molecule has 0 spiro atoms. The lowest BCUT2D eigenvalue weighted by atomic mass is 10.2. The van der Waals surface area contributed by atoms with E-state index in [4.69, 9.17) is 4.74 Å². The number of amides is 2. The van der Waals surface area contributed by atoms with Crippen molar-refractivity contribution in [2.75, 3.05) is 43.0 Å². The van der Waals surface area contributed by atoms with Gasteiger partial charge >= 0.3 is 6.09 Å². The quantitative estimate of drug-likeness (QED) is 0.917. The van der Waals surface area contributed by atoms with Gasteiger partial charge in [-0.3, -0.25) is 4.79 Å². The number of hydrogen-bond acceptors (Lipinski definition) is 4. The van der Waals surface area contributed by atoms with Crippen LogP contribution in [-0.2, 0) is 4.74 Å². The van der Waals surface area contributed by atoms with Gasteiger partial charge in [-0.2, -0.15) is 0 Å². The van der Waals surface area contributed by atoms with E-state index < -0.39 is 0 Å². The number of ether oxygens (including phenoxy) is 1. The van der Waals surface area contributed by atoms with Gasteiger partial charge in [-0.15, -0.1) is 0 Å². The van der Waals surface area contributed by atoms with E-state index in [0.29, 0.717) is 25.3 Å². The molecular formula is C20H23N3O3. The molecular weight excluding hydrogens is 330 g/mol. The van der Waals surface area contributed by atoms with Gasteiger partial charge in [0.1, 0.15) is 0 Å². The third-order valence-electron chi connectivity index (χ3n) is 4.33. The number of carbonyl (C=O) groups excluding carboxylic acids is 2. The second-order valence-electron chi connectivity index (χ2n) is 6.04. The molecule has 6 heteroatoms. The second-order valence-corrected chi connectivity index (χ2v) is 6.04. The normalized spacial score (nSPS) is 14.0. The van der Waals surface area contributed by atoms with E-state index in [1.54, 1.807) is 17.0 Å². The maximum atomic E-state index is 12.2. The lowest BCUT2D eigenvalue weighted by Crippen LogP contribution is -2.49. The average Bonchev–Trinajstić information content (AvgIpc) is 2.69. The molecule has 0 saturated carbocycles. The number of benzene rings is 2. The van der Waals surface area contributed by atoms with Gasteiger partial charge in [-0.25, -0.2) is 4.79 Å². The van der Waals surface area contributed by atoms with Crippen LogP contribution in [-0.4, -0.2) is 49.7 Å². The Bertz CT molecular complexity index is 739. The third-order valence-corrected chi connectivity index (χ3v) is 4.33. The van der Waals surface area contributed by atoms with Gasteiger partial charge in [0.25, 0.3) is 5.91 Å². The molecule has 0 aromatic heterocycles. The number of carbonyl (C=O) groups is 2. The Kier molecular flexibility index (Phi) is 5.73. The number of nitrogens with zero attached hydrogens (tertiary/aromatic N) is 2. The van der Waals surface area contributed by atoms with Crippen LogP contribution in [0.1, 0.15) is 17.3 Å². The van der Waals surface area contributed by atoms with E-state index in [1.165, 1.54) is 0 Å². The fourth-order valence-electron chi connectivity index (χ4n) is 2.91. The van der Waals surface area contributed by atoms with Crippen LogP contribution in [0, 0.1) is 0 Å². The molecule has 0 radical (unpaired) electrons. The largest absolute Gasteiger partial charge is 0.450 e. The first-order valence-electron chi connectivity index (χ1n) is 8.80. The van der Waals surface area contributed by atoms with Crippen LogP contribution in [0.3, 0.4) is 0 Å². The molecule has 1 N–H and O–H groups in total. The summed E-state index contributed by atoms with van der Waals surface area (Å²) in [6, 6.07) is 16.9. The van der Waals surface area contributed by atoms with Crippen molar-refractivity contribution in [1.29, 1.82) is 0 Å². The molecule has 2 aromatic carbocycles. The minimum atomic E-state index is -0.244. The predicted octanol–water partition coefficient (Wildman–Crippen LogP) is 3.22. The molecule has 1 fully saturated rings. The summed E-state index contributed by atoms with van der Waals surface area (Å²) in [5, 5.41) is 2.90. The highest BCUT2D eigenvalue weighted by Gasteiger charge is 2.22. The van der Waals surface area contributed by atoms with Crippen molar-refractivity contribution in [2.45, 2.75) is 6.92 Å². The Labute approximate surface area is 153 Å². The highest BCUT2D eigenvalue weighted by atomic mass is 16.6. The number of nitrogens with one attached hydrogen (secondary N) is 1. The van der Waals surface area contributed by atoms with Crippen LogP contribution >= 0.6 is 0 Å². The molecule has 0 atom stereocenters. The van der Waals surface area contributed by atoms with E-state index >= 15 is 0 Å². The Morgan fingerprint density at radius 1 is 0.962 bits per heavy atom. The average molecular weight is 353 g/mol. The van der Waals surface area contributed by atoms with Crippen molar-refractivity contribution in [1.82, 2.24) is 4.90 Å². The first-order chi connectivity index (χ1) is 12.7. The second kappa shape index (κ2) is 8.38. The molecule has 6 nitrogen and oxygen atoms in total. The molecule has 26 heavy (non-hydrogen) atoms. The Hall–Kier alpha value is -3.02. The van der Waals surface area contributed by atoms with Gasteiger partial charge in [0, 0.05) is 43.1 Å². The molecule has 0 aliphatic carbocycles. The zero-order chi connectivity index (χ0) is 18.4. The summed E-state index contributed by atoms with van der Waals surface area (Å²) in [4.78, 5) is 27.9. The molecule has 1 saturated heterocycles. The van der Waals surface area contributed by atoms with Crippen molar-refractivity contribution in [3.05, 3.63) is 60.2 Å². The number of hydrogen-bond donors (Lipinski definition) is 1. The first kappa shape index (κ1) is 17.8. The summed E-state index contributed by atoms with van der Waals surface area (Å²) in [5.74, 6) is -0.124. The summed E-state index contributed by atoms with van der Waals surface area (Å²) >= 11 is 0. The molecule has 1 aliphatic heterocycles. The van der Waals surface area contributed by atoms with Gasteiger partial charge < -0.3 is 19.9 Å². The van der Waals surface area contributed by atoms with Crippen LogP contribution in [0.15, 0.2) is 54.6 Å². The van der Waals surface area contributed by atoms with E-state index in [2.05, 4.69) is 10.2 Å². The highest BCUT2D eigenvalue weighted by molar-refractivity contribution is 6.04. The van der Waals surface area contributed by atoms with Crippen molar-refractivity contribution >= 4 is 23.4 Å². The van der Waals surface area contributed by atoms with Crippen molar-refractivity contribution in [3.63, 3.8) is 0 Å². The van der Waals surface area contributed by atoms with Crippen LogP contribution in [0.2, 0.25) is 0 Å². The molecule has 2 amide bonds. The summed E-state index contributed by atoms with van der Waals surface area (Å²) in [5.41, 5.74) is 2.46. The molecule has 2 aromatic rings. The van der Waals surface area contributed by atoms with Gasteiger partial charge in [0.15, 0.2) is 0 Å². The monoisotopic (exact) mass is 353 g/mol. The van der Waals surface area contributed by atoms with Gasteiger partial charge in [0.05, 0.1) is 6.61 Å². The lowest BCUT2D eigenvalue weighted by Gasteiger charge is -2.35. The predicted molar refractivity (Wildman–Crippen MR) is 102 cm³/mol. The third kappa shape index (κ3) is 4.33. The minimum Gasteiger partial charge on any atom is -0.450 e. The minimum absolute atomic E-state index is 0.124. The standard InChI is InChI=1S/C20H23N3O3/c1-2-26-20(25)23-14-12-22(13-15-23)18-10-8-17(9-11-18)21-19(24)16-6-4-3-5-7-16/h3-11H,2,12-15H2,1H3,(H,21,24). The number of anilines is 2. The fourth-order valence-corrected chi connectivity index (χ4v) is 2.91. The zero-order valence-corrected chi connectivity index (χ0v) is 14.9. The van der Waals surface area contributed by atoms with Crippen LogP contribution < -0.4 is 10.2 Å². The summed E-state index contributed by atoms with van der Waals surface area (Å²) < 4.78 is 5.04. The van der Waals surface area contributed by atoms with E-state index in [-0.39, 0.29) is 12.0 Å². The van der Waals surface area contributed by atoms with Crippen molar-refractivity contribution in [2.24, 2.45) is 0 Å². The van der Waals surface area contributed by atoms with Crippen LogP contribution in [0.4, 0.5) is 16.2 Å². The maximum absolute atomic E-state index is 12.2. The van der Waals surface area contributed by atoms with Crippen molar-refractivity contribution < 1.29 is 14.3 Å². The molecule has 3 rings (SSSR count). The molecule has 1 heterocycles. The summed E-state index contributed by atoms with van der Waals surface area (Å²) in [6.07, 6.45) is -0.244. The smallest absolute Gasteiger partial charge is 0.409 e. The number of piperazine rings is 1. The van der Waals surface area contributed by atoms with E-state index in [9.17, 15) is 9.59 Å². The SMILES string of the molecule is CCOC(=O)N1CCN(c2ccc(NC(=O)c3ccccc3)cc2)CC1. The van der Waals surface area contributed by atoms with E-state index in [0.717, 1.165) is 24.5 Å². The lowest BCUT2D eigenvalue weighted by molar-refractivity contribution is 0.102. The maximum Gasteiger partial charge on any atom is 0.409 e. The Morgan fingerprint density at radius 2 is 1.62 bits per heavy atom. The number of rotatable bonds is 4. The van der Waals surface area contributed by atoms with Crippen LogP contribution in [0.25, 0.3) is 0 Å². The van der Waals surface area contributed by atoms with Crippen molar-refractivity contribution in [3.8, 4) is 0 Å². The molecule has 136 valence electrons.